The third-order valence-electron chi connectivity index (χ3n) is 6.55. The third kappa shape index (κ3) is 6.80. The summed E-state index contributed by atoms with van der Waals surface area (Å²) in [7, 11) is 0. The quantitative estimate of drug-likeness (QED) is 0.201. The minimum absolute atomic E-state index is 0.0451. The van der Waals surface area contributed by atoms with Gasteiger partial charge in [-0.2, -0.15) is 0 Å². The van der Waals surface area contributed by atoms with Crippen molar-refractivity contribution in [2.45, 2.75) is 39.5 Å². The Hall–Kier alpha value is -3.57. The molecule has 0 saturated carbocycles. The van der Waals surface area contributed by atoms with Crippen molar-refractivity contribution >= 4 is 27.5 Å². The highest BCUT2D eigenvalue weighted by atomic mass is 16.5. The first kappa shape index (κ1) is 26.5. The standard InChI is InChI=1S/C32H38N2O3/c1-23(2)18-21-36-28-16-14-24-10-4-6-12-26(24)31(28)32-27-13-7-5-11-25(27)15-17-29(32)37-22-30(35)34-20-9-3-8-19-33/h4-7,10-17,23H,3,8-9,18-22,33H2,1-2H3,(H,34,35). The molecule has 5 nitrogen and oxygen atoms in total. The predicted octanol–water partition coefficient (Wildman–Crippen LogP) is 6.71. The number of nitrogens with one attached hydrogen (secondary N) is 1. The summed E-state index contributed by atoms with van der Waals surface area (Å²) >= 11 is 0. The zero-order valence-electron chi connectivity index (χ0n) is 22.0. The Bertz CT molecular complexity index is 1330. The summed E-state index contributed by atoms with van der Waals surface area (Å²) in [6.45, 7) is 6.30. The van der Waals surface area contributed by atoms with Crippen LogP contribution >= 0.6 is 0 Å². The second kappa shape index (κ2) is 13.1. The van der Waals surface area contributed by atoms with Crippen molar-refractivity contribution in [3.63, 3.8) is 0 Å². The normalized spacial score (nSPS) is 11.2. The lowest BCUT2D eigenvalue weighted by atomic mass is 9.92. The highest BCUT2D eigenvalue weighted by Crippen LogP contribution is 2.45. The Balaban J connectivity index is 1.72. The van der Waals surface area contributed by atoms with Crippen LogP contribution in [0.5, 0.6) is 11.5 Å². The van der Waals surface area contributed by atoms with Crippen molar-refractivity contribution in [3.8, 4) is 22.6 Å². The minimum atomic E-state index is -0.127. The molecule has 0 aliphatic carbocycles. The van der Waals surface area contributed by atoms with Gasteiger partial charge < -0.3 is 20.5 Å². The van der Waals surface area contributed by atoms with Gasteiger partial charge in [-0.3, -0.25) is 4.79 Å². The first-order chi connectivity index (χ1) is 18.1. The number of nitrogens with two attached hydrogens (primary N) is 1. The lowest BCUT2D eigenvalue weighted by Crippen LogP contribution is -2.29. The summed E-state index contributed by atoms with van der Waals surface area (Å²) in [4.78, 5) is 12.6. The van der Waals surface area contributed by atoms with Crippen molar-refractivity contribution in [1.82, 2.24) is 5.32 Å². The van der Waals surface area contributed by atoms with Gasteiger partial charge >= 0.3 is 0 Å². The van der Waals surface area contributed by atoms with Crippen LogP contribution < -0.4 is 20.5 Å². The van der Waals surface area contributed by atoms with Crippen molar-refractivity contribution in [2.24, 2.45) is 11.7 Å². The molecule has 4 aromatic carbocycles. The molecule has 0 radical (unpaired) electrons. The van der Waals surface area contributed by atoms with Crippen molar-refractivity contribution in [1.29, 1.82) is 0 Å². The lowest BCUT2D eigenvalue weighted by Gasteiger charge is -2.20. The smallest absolute Gasteiger partial charge is 0.257 e. The average molecular weight is 499 g/mol. The van der Waals surface area contributed by atoms with E-state index in [1.165, 1.54) is 0 Å². The third-order valence-corrected chi connectivity index (χ3v) is 6.55. The Morgan fingerprint density at radius 3 is 1.97 bits per heavy atom. The van der Waals surface area contributed by atoms with Gasteiger partial charge in [0.2, 0.25) is 0 Å². The van der Waals surface area contributed by atoms with E-state index < -0.39 is 0 Å². The fourth-order valence-electron chi connectivity index (χ4n) is 4.53. The zero-order chi connectivity index (χ0) is 26.0. The van der Waals surface area contributed by atoms with Gasteiger partial charge in [0.25, 0.3) is 5.91 Å². The maximum atomic E-state index is 12.6. The van der Waals surface area contributed by atoms with Crippen LogP contribution in [0.25, 0.3) is 32.7 Å². The Morgan fingerprint density at radius 1 is 0.784 bits per heavy atom. The van der Waals surface area contributed by atoms with Gasteiger partial charge in [0, 0.05) is 17.7 Å². The highest BCUT2D eigenvalue weighted by Gasteiger charge is 2.19. The Labute approximate surface area is 220 Å². The molecule has 4 aromatic rings. The molecular weight excluding hydrogens is 460 g/mol. The molecule has 0 unspecified atom stereocenters. The molecule has 5 heteroatoms. The van der Waals surface area contributed by atoms with Gasteiger partial charge in [0.15, 0.2) is 6.61 Å². The molecule has 3 N–H and O–H groups in total. The van der Waals surface area contributed by atoms with E-state index in [0.717, 1.165) is 64.1 Å². The fourth-order valence-corrected chi connectivity index (χ4v) is 4.53. The number of unbranched alkanes of at least 4 members (excludes halogenated alkanes) is 2. The van der Waals surface area contributed by atoms with Gasteiger partial charge in [-0.25, -0.2) is 0 Å². The van der Waals surface area contributed by atoms with E-state index in [4.69, 9.17) is 15.2 Å². The van der Waals surface area contributed by atoms with E-state index >= 15 is 0 Å². The number of fused-ring (bicyclic) bond motifs is 2. The Kier molecular flexibility index (Phi) is 9.39. The molecule has 4 rings (SSSR count). The number of hydrogen-bond acceptors (Lipinski definition) is 4. The van der Waals surface area contributed by atoms with Crippen molar-refractivity contribution in [3.05, 3.63) is 72.8 Å². The summed E-state index contributed by atoms with van der Waals surface area (Å²) in [5.74, 6) is 1.92. The van der Waals surface area contributed by atoms with Crippen LogP contribution in [0.1, 0.15) is 39.5 Å². The Morgan fingerprint density at radius 2 is 1.38 bits per heavy atom. The molecule has 37 heavy (non-hydrogen) atoms. The average Bonchev–Trinajstić information content (AvgIpc) is 2.91. The maximum Gasteiger partial charge on any atom is 0.257 e. The SMILES string of the molecule is CC(C)CCOc1ccc2ccccc2c1-c1c(OCC(=O)NCCCCCN)ccc2ccccc12. The van der Waals surface area contributed by atoms with Gasteiger partial charge in [0.05, 0.1) is 6.61 Å². The number of hydrogen-bond donors (Lipinski definition) is 2. The molecule has 0 fully saturated rings. The van der Waals surface area contributed by atoms with Crippen LogP contribution in [0.3, 0.4) is 0 Å². The van der Waals surface area contributed by atoms with Crippen LogP contribution in [0.4, 0.5) is 0 Å². The molecule has 0 aliphatic rings. The summed E-state index contributed by atoms with van der Waals surface area (Å²) in [6, 6.07) is 24.8. The van der Waals surface area contributed by atoms with Gasteiger partial charge in [-0.05, 0) is 65.4 Å². The van der Waals surface area contributed by atoms with E-state index in [2.05, 4.69) is 55.6 Å². The number of amides is 1. The first-order valence-corrected chi connectivity index (χ1v) is 13.3. The topological polar surface area (TPSA) is 73.6 Å². The number of benzene rings is 4. The minimum Gasteiger partial charge on any atom is -0.493 e. The molecular formula is C32H38N2O3. The second-order valence-corrected chi connectivity index (χ2v) is 9.84. The first-order valence-electron chi connectivity index (χ1n) is 13.3. The molecule has 0 bridgehead atoms. The van der Waals surface area contributed by atoms with Crippen LogP contribution in [0.15, 0.2) is 72.8 Å². The highest BCUT2D eigenvalue weighted by molar-refractivity contribution is 6.09. The molecule has 0 atom stereocenters. The van der Waals surface area contributed by atoms with Gasteiger partial charge in [0.1, 0.15) is 11.5 Å². The van der Waals surface area contributed by atoms with E-state index in [9.17, 15) is 4.79 Å². The van der Waals surface area contributed by atoms with Crippen LogP contribution in [0, 0.1) is 5.92 Å². The molecule has 1 amide bonds. The zero-order valence-corrected chi connectivity index (χ0v) is 22.0. The van der Waals surface area contributed by atoms with Crippen LogP contribution in [0.2, 0.25) is 0 Å². The molecule has 0 saturated heterocycles. The molecule has 0 spiro atoms. The van der Waals surface area contributed by atoms with E-state index in [-0.39, 0.29) is 12.5 Å². The monoisotopic (exact) mass is 498 g/mol. The molecule has 0 aliphatic heterocycles. The van der Waals surface area contributed by atoms with Crippen molar-refractivity contribution < 1.29 is 14.3 Å². The number of carbonyl (C=O) groups excluding carboxylic acids is 1. The van der Waals surface area contributed by atoms with Crippen LogP contribution in [-0.4, -0.2) is 32.2 Å². The summed E-state index contributed by atoms with van der Waals surface area (Å²) in [5.41, 5.74) is 7.50. The van der Waals surface area contributed by atoms with Crippen molar-refractivity contribution in [2.75, 3.05) is 26.3 Å². The maximum absolute atomic E-state index is 12.6. The summed E-state index contributed by atoms with van der Waals surface area (Å²) in [5, 5.41) is 7.35. The summed E-state index contributed by atoms with van der Waals surface area (Å²) in [6.07, 6.45) is 3.86. The largest absolute Gasteiger partial charge is 0.493 e. The van der Waals surface area contributed by atoms with E-state index in [1.54, 1.807) is 0 Å². The number of ether oxygens (including phenoxy) is 2. The summed E-state index contributed by atoms with van der Waals surface area (Å²) < 4.78 is 12.6. The molecule has 0 heterocycles. The molecule has 0 aromatic heterocycles. The molecule has 194 valence electrons. The predicted molar refractivity (Wildman–Crippen MR) is 153 cm³/mol. The second-order valence-electron chi connectivity index (χ2n) is 9.84. The van der Waals surface area contributed by atoms with Crippen LogP contribution in [-0.2, 0) is 4.79 Å². The van der Waals surface area contributed by atoms with E-state index in [0.29, 0.717) is 31.4 Å². The number of carbonyl (C=O) groups is 1. The lowest BCUT2D eigenvalue weighted by molar-refractivity contribution is -0.123. The van der Waals surface area contributed by atoms with Gasteiger partial charge in [-0.15, -0.1) is 0 Å². The van der Waals surface area contributed by atoms with Gasteiger partial charge in [-0.1, -0.05) is 80.9 Å². The fraction of sp³-hybridized carbons (Fsp3) is 0.344. The number of rotatable bonds is 13. The van der Waals surface area contributed by atoms with E-state index in [1.807, 2.05) is 36.4 Å².